The van der Waals surface area contributed by atoms with Crippen LogP contribution in [0, 0.1) is 0 Å². The maximum absolute atomic E-state index is 6.40. The lowest BCUT2D eigenvalue weighted by molar-refractivity contribution is 0.282. The lowest BCUT2D eigenvalue weighted by atomic mass is 10.0. The van der Waals surface area contributed by atoms with Gasteiger partial charge in [-0.15, -0.1) is 0 Å². The Morgan fingerprint density at radius 3 is 2.50 bits per heavy atom. The summed E-state index contributed by atoms with van der Waals surface area (Å²) >= 11 is 9.87. The fraction of sp³-hybridized carbons (Fsp3) is 0.625. The molecule has 0 heterocycles. The van der Waals surface area contributed by atoms with Gasteiger partial charge in [0.05, 0.1) is 0 Å². The number of halogens is 2. The van der Waals surface area contributed by atoms with Crippen LogP contribution in [-0.2, 0) is 0 Å². The van der Waals surface area contributed by atoms with Crippen molar-refractivity contribution in [3.8, 4) is 0 Å². The standard InChI is InChI=1S/C16H26BrClN2/c1-4-10-19-16(9-11-20(5-2)6-3)14-8-7-13(17)12-15(14)18/h7-8,12,16,19H,4-6,9-11H2,1-3H3. The summed E-state index contributed by atoms with van der Waals surface area (Å²) in [5.41, 5.74) is 1.20. The molecule has 0 aromatic heterocycles. The fourth-order valence-electron chi connectivity index (χ4n) is 2.32. The van der Waals surface area contributed by atoms with Crippen LogP contribution in [0.2, 0.25) is 5.02 Å². The molecule has 1 atom stereocenters. The lowest BCUT2D eigenvalue weighted by Crippen LogP contribution is -2.30. The second kappa shape index (κ2) is 9.78. The maximum Gasteiger partial charge on any atom is 0.0465 e. The Hall–Kier alpha value is -0.0900. The first kappa shape index (κ1) is 18.0. The molecule has 0 amide bonds. The summed E-state index contributed by atoms with van der Waals surface area (Å²) in [6.45, 7) is 10.9. The van der Waals surface area contributed by atoms with Crippen molar-refractivity contribution in [2.45, 2.75) is 39.7 Å². The van der Waals surface area contributed by atoms with E-state index in [-0.39, 0.29) is 0 Å². The first-order valence-corrected chi connectivity index (χ1v) is 8.70. The van der Waals surface area contributed by atoms with E-state index in [9.17, 15) is 0 Å². The zero-order chi connectivity index (χ0) is 15.0. The molecular weight excluding hydrogens is 336 g/mol. The quantitative estimate of drug-likeness (QED) is 0.674. The van der Waals surface area contributed by atoms with Crippen LogP contribution < -0.4 is 5.32 Å². The van der Waals surface area contributed by atoms with Gasteiger partial charge >= 0.3 is 0 Å². The zero-order valence-electron chi connectivity index (χ0n) is 12.8. The van der Waals surface area contributed by atoms with E-state index in [1.165, 1.54) is 5.56 Å². The van der Waals surface area contributed by atoms with Gasteiger partial charge in [0.1, 0.15) is 0 Å². The maximum atomic E-state index is 6.40. The van der Waals surface area contributed by atoms with Gasteiger partial charge in [-0.25, -0.2) is 0 Å². The third kappa shape index (κ3) is 5.72. The van der Waals surface area contributed by atoms with Crippen LogP contribution in [0.1, 0.15) is 45.2 Å². The summed E-state index contributed by atoms with van der Waals surface area (Å²) in [6.07, 6.45) is 2.22. The van der Waals surface area contributed by atoms with Crippen molar-refractivity contribution < 1.29 is 0 Å². The van der Waals surface area contributed by atoms with Crippen molar-refractivity contribution >= 4 is 27.5 Å². The number of hydrogen-bond donors (Lipinski definition) is 1. The van der Waals surface area contributed by atoms with Gasteiger partial charge in [0, 0.05) is 15.5 Å². The van der Waals surface area contributed by atoms with Crippen LogP contribution in [-0.4, -0.2) is 31.1 Å². The fourth-order valence-corrected chi connectivity index (χ4v) is 3.13. The summed E-state index contributed by atoms with van der Waals surface area (Å²) < 4.78 is 1.03. The summed E-state index contributed by atoms with van der Waals surface area (Å²) in [5.74, 6) is 0. The van der Waals surface area contributed by atoms with E-state index >= 15 is 0 Å². The summed E-state index contributed by atoms with van der Waals surface area (Å²) in [7, 11) is 0. The molecule has 0 aliphatic rings. The normalized spacial score (nSPS) is 12.9. The van der Waals surface area contributed by atoms with Crippen LogP contribution in [0.25, 0.3) is 0 Å². The van der Waals surface area contributed by atoms with Gasteiger partial charge in [-0.05, 0) is 56.7 Å². The van der Waals surface area contributed by atoms with Gasteiger partial charge in [-0.2, -0.15) is 0 Å². The highest BCUT2D eigenvalue weighted by atomic mass is 79.9. The Labute approximate surface area is 137 Å². The van der Waals surface area contributed by atoms with Gasteiger partial charge in [-0.3, -0.25) is 0 Å². The molecule has 0 bridgehead atoms. The van der Waals surface area contributed by atoms with E-state index in [0.717, 1.165) is 48.5 Å². The second-order valence-corrected chi connectivity index (χ2v) is 6.31. The zero-order valence-corrected chi connectivity index (χ0v) is 15.1. The van der Waals surface area contributed by atoms with Gasteiger partial charge in [0.15, 0.2) is 0 Å². The van der Waals surface area contributed by atoms with E-state index in [0.29, 0.717) is 6.04 Å². The molecule has 0 aliphatic heterocycles. The first-order chi connectivity index (χ1) is 9.62. The average Bonchev–Trinajstić information content (AvgIpc) is 2.44. The molecule has 114 valence electrons. The monoisotopic (exact) mass is 360 g/mol. The van der Waals surface area contributed by atoms with E-state index in [1.807, 2.05) is 6.07 Å². The largest absolute Gasteiger partial charge is 0.310 e. The summed E-state index contributed by atoms with van der Waals surface area (Å²) in [4.78, 5) is 2.45. The van der Waals surface area contributed by atoms with E-state index in [4.69, 9.17) is 11.6 Å². The molecule has 0 spiro atoms. The number of nitrogens with zero attached hydrogens (tertiary/aromatic N) is 1. The Morgan fingerprint density at radius 1 is 1.25 bits per heavy atom. The third-order valence-corrected chi connectivity index (χ3v) is 4.43. The summed E-state index contributed by atoms with van der Waals surface area (Å²) in [6, 6.07) is 6.51. The average molecular weight is 362 g/mol. The predicted octanol–water partition coefficient (Wildman–Crippen LogP) is 4.88. The lowest BCUT2D eigenvalue weighted by Gasteiger charge is -2.24. The Kier molecular flexibility index (Phi) is 8.78. The minimum absolute atomic E-state index is 0.330. The number of benzene rings is 1. The molecule has 20 heavy (non-hydrogen) atoms. The SMILES string of the molecule is CCCNC(CCN(CC)CC)c1ccc(Br)cc1Cl. The molecule has 0 radical (unpaired) electrons. The number of nitrogens with one attached hydrogen (secondary N) is 1. The molecule has 4 heteroatoms. The summed E-state index contributed by atoms with van der Waals surface area (Å²) in [5, 5.41) is 4.46. The van der Waals surface area contributed by atoms with Crippen molar-refractivity contribution in [1.82, 2.24) is 10.2 Å². The van der Waals surface area contributed by atoms with E-state index in [1.54, 1.807) is 0 Å². The van der Waals surface area contributed by atoms with Crippen LogP contribution in [0.5, 0.6) is 0 Å². The minimum Gasteiger partial charge on any atom is -0.310 e. The first-order valence-electron chi connectivity index (χ1n) is 7.53. The van der Waals surface area contributed by atoms with Crippen molar-refractivity contribution in [2.75, 3.05) is 26.2 Å². The number of rotatable bonds is 9. The molecule has 1 aromatic carbocycles. The molecule has 1 aromatic rings. The van der Waals surface area contributed by atoms with Gasteiger partial charge < -0.3 is 10.2 Å². The molecule has 1 rings (SSSR count). The Bertz CT molecular complexity index is 394. The van der Waals surface area contributed by atoms with Crippen molar-refractivity contribution in [2.24, 2.45) is 0 Å². The van der Waals surface area contributed by atoms with E-state index < -0.39 is 0 Å². The number of hydrogen-bond acceptors (Lipinski definition) is 2. The highest BCUT2D eigenvalue weighted by Gasteiger charge is 2.15. The minimum atomic E-state index is 0.330. The van der Waals surface area contributed by atoms with Crippen LogP contribution in [0.4, 0.5) is 0 Å². The molecule has 0 saturated carbocycles. The van der Waals surface area contributed by atoms with Gasteiger partial charge in [0.2, 0.25) is 0 Å². The molecule has 1 unspecified atom stereocenters. The highest BCUT2D eigenvalue weighted by molar-refractivity contribution is 9.10. The molecule has 0 aliphatic carbocycles. The molecule has 2 nitrogen and oxygen atoms in total. The molecular formula is C16H26BrClN2. The van der Waals surface area contributed by atoms with Crippen LogP contribution in [0.3, 0.4) is 0 Å². The highest BCUT2D eigenvalue weighted by Crippen LogP contribution is 2.28. The third-order valence-electron chi connectivity index (χ3n) is 3.61. The van der Waals surface area contributed by atoms with Crippen molar-refractivity contribution in [1.29, 1.82) is 0 Å². The predicted molar refractivity (Wildman–Crippen MR) is 92.6 cm³/mol. The molecule has 0 saturated heterocycles. The van der Waals surface area contributed by atoms with Crippen LogP contribution in [0.15, 0.2) is 22.7 Å². The Morgan fingerprint density at radius 2 is 1.95 bits per heavy atom. The Balaban J connectivity index is 2.77. The molecule has 0 fully saturated rings. The molecule has 1 N–H and O–H groups in total. The van der Waals surface area contributed by atoms with Gasteiger partial charge in [-0.1, -0.05) is 54.4 Å². The van der Waals surface area contributed by atoms with Gasteiger partial charge in [0.25, 0.3) is 0 Å². The second-order valence-electron chi connectivity index (χ2n) is 4.99. The smallest absolute Gasteiger partial charge is 0.0465 e. The van der Waals surface area contributed by atoms with Crippen molar-refractivity contribution in [3.05, 3.63) is 33.3 Å². The van der Waals surface area contributed by atoms with Crippen LogP contribution >= 0.6 is 27.5 Å². The topological polar surface area (TPSA) is 15.3 Å². The van der Waals surface area contributed by atoms with E-state index in [2.05, 4.69) is 59.1 Å². The van der Waals surface area contributed by atoms with Crippen molar-refractivity contribution in [3.63, 3.8) is 0 Å².